The lowest BCUT2D eigenvalue weighted by atomic mass is 10.00. The molecule has 2 atom stereocenters. The van der Waals surface area contributed by atoms with Gasteiger partial charge in [0.25, 0.3) is 5.91 Å². The molecule has 0 aliphatic carbocycles. The van der Waals surface area contributed by atoms with Crippen LogP contribution in [0.25, 0.3) is 5.88 Å². The lowest BCUT2D eigenvalue weighted by Crippen LogP contribution is -2.62. The van der Waals surface area contributed by atoms with Gasteiger partial charge in [0.15, 0.2) is 22.3 Å². The van der Waals surface area contributed by atoms with Gasteiger partial charge in [-0.1, -0.05) is 13.8 Å². The molecule has 3 aromatic rings. The van der Waals surface area contributed by atoms with Gasteiger partial charge in [-0.25, -0.2) is 29.3 Å². The van der Waals surface area contributed by atoms with Crippen molar-refractivity contribution in [1.82, 2.24) is 20.6 Å². The first-order valence-corrected chi connectivity index (χ1v) is 14.9. The molecule has 0 saturated carbocycles. The number of aromatic nitrogens is 2. The first kappa shape index (κ1) is 36.3. The Bertz CT molecular complexity index is 1970. The van der Waals surface area contributed by atoms with E-state index in [1.165, 1.54) is 30.6 Å². The molecule has 262 valence electrons. The van der Waals surface area contributed by atoms with Gasteiger partial charge in [-0.3, -0.25) is 15.3 Å². The molecular weight excluding hydrogens is 658 g/mol. The smallest absolute Gasteiger partial charge is 0.336 e. The Morgan fingerprint density at radius 1 is 0.980 bits per heavy atom. The van der Waals surface area contributed by atoms with E-state index < -0.39 is 59.7 Å². The molecule has 18 nitrogen and oxygen atoms in total. The summed E-state index contributed by atoms with van der Waals surface area (Å²) in [7, 11) is 0. The molecule has 0 bridgehead atoms. The molecule has 0 radical (unpaired) electrons. The number of nitrogens with two attached hydrogens (primary N) is 1. The number of benzene rings is 2. The Hall–Kier alpha value is -6.56. The molecule has 0 fully saturated rings. The molecule has 50 heavy (non-hydrogen) atoms. The van der Waals surface area contributed by atoms with E-state index in [4.69, 9.17) is 20.3 Å². The van der Waals surface area contributed by atoms with Crippen molar-refractivity contribution in [1.29, 1.82) is 0 Å². The Kier molecular flexibility index (Phi) is 11.3. The summed E-state index contributed by atoms with van der Waals surface area (Å²) in [6.45, 7) is 3.31. The molecule has 9 N–H and O–H groups in total. The number of aliphatic carboxylic acids is 2. The van der Waals surface area contributed by atoms with Crippen LogP contribution in [0.4, 0.5) is 5.69 Å². The number of nitrogens with one attached hydrogen (secondary N) is 3. The van der Waals surface area contributed by atoms with E-state index in [1.807, 2.05) is 0 Å². The van der Waals surface area contributed by atoms with Crippen molar-refractivity contribution in [3.63, 3.8) is 0 Å². The average molecular weight is 692 g/mol. The number of fused-ring (bicyclic) bond motifs is 1. The summed E-state index contributed by atoms with van der Waals surface area (Å²) in [4.78, 5) is 72.7. The van der Waals surface area contributed by atoms with Crippen LogP contribution in [0.2, 0.25) is 0 Å². The van der Waals surface area contributed by atoms with Crippen molar-refractivity contribution in [2.24, 2.45) is 10.7 Å². The second kappa shape index (κ2) is 15.6. The van der Waals surface area contributed by atoms with Gasteiger partial charge in [-0.2, -0.15) is 0 Å². The highest BCUT2D eigenvalue weighted by atomic mass is 16.6. The largest absolute Gasteiger partial charge is 0.504 e. The molecule has 0 saturated heterocycles. The van der Waals surface area contributed by atoms with Crippen LogP contribution in [-0.2, 0) is 19.2 Å². The van der Waals surface area contributed by atoms with Crippen molar-refractivity contribution < 1.29 is 53.9 Å². The fraction of sp³-hybridized carbons (Fsp3) is 0.250. The molecule has 0 spiro atoms. The number of carbonyl (C=O) groups is 5. The fourth-order valence-corrected chi connectivity index (χ4v) is 4.64. The van der Waals surface area contributed by atoms with Crippen molar-refractivity contribution in [2.45, 2.75) is 44.4 Å². The predicted octanol–water partition coefficient (Wildman–Crippen LogP) is -0.00830. The maximum atomic E-state index is 12.9. The zero-order valence-electron chi connectivity index (χ0n) is 26.6. The topological polar surface area (TPSA) is 285 Å². The van der Waals surface area contributed by atoms with Gasteiger partial charge in [0.2, 0.25) is 11.7 Å². The van der Waals surface area contributed by atoms with Crippen LogP contribution in [0, 0.1) is 0 Å². The lowest BCUT2D eigenvalue weighted by Gasteiger charge is -2.29. The Morgan fingerprint density at radius 3 is 2.34 bits per heavy atom. The number of nitrogens with zero attached hydrogens (tertiary/aromatic N) is 3. The monoisotopic (exact) mass is 691 g/mol. The molecule has 1 aromatic heterocycles. The Balaban J connectivity index is 1.35. The molecule has 2 aromatic carbocycles. The number of rotatable bonds is 14. The number of esters is 2. The van der Waals surface area contributed by atoms with Gasteiger partial charge in [-0.05, 0) is 48.7 Å². The van der Waals surface area contributed by atoms with Gasteiger partial charge in [0.05, 0.1) is 6.54 Å². The van der Waals surface area contributed by atoms with E-state index in [-0.39, 0.29) is 52.3 Å². The van der Waals surface area contributed by atoms with Crippen LogP contribution in [0.3, 0.4) is 0 Å². The van der Waals surface area contributed by atoms with Crippen LogP contribution in [0.15, 0.2) is 65.9 Å². The molecule has 2 heterocycles. The molecular formula is C32H33N7O11. The Morgan fingerprint density at radius 2 is 1.68 bits per heavy atom. The summed E-state index contributed by atoms with van der Waals surface area (Å²) in [5.74, 6) is -8.61. The van der Waals surface area contributed by atoms with Crippen molar-refractivity contribution in [3.8, 4) is 17.2 Å². The number of carbonyl (C=O) groups excluding carboxylic acids is 3. The first-order valence-electron chi connectivity index (χ1n) is 14.9. The van der Waals surface area contributed by atoms with Crippen molar-refractivity contribution in [3.05, 3.63) is 82.9 Å². The van der Waals surface area contributed by atoms with Gasteiger partial charge in [0.1, 0.15) is 11.8 Å². The summed E-state index contributed by atoms with van der Waals surface area (Å²) in [6.07, 6.45) is 3.20. The molecule has 1 amide bonds. The van der Waals surface area contributed by atoms with E-state index >= 15 is 0 Å². The van der Waals surface area contributed by atoms with Crippen LogP contribution in [0.1, 0.15) is 48.5 Å². The third-order valence-electron chi connectivity index (χ3n) is 6.99. The summed E-state index contributed by atoms with van der Waals surface area (Å²) in [5, 5.41) is 47.2. The zero-order chi connectivity index (χ0) is 36.6. The summed E-state index contributed by atoms with van der Waals surface area (Å²) >= 11 is 0. The number of amides is 1. The quantitative estimate of drug-likeness (QED) is 0.0627. The van der Waals surface area contributed by atoms with Crippen LogP contribution >= 0.6 is 0 Å². The number of anilines is 1. The van der Waals surface area contributed by atoms with Crippen LogP contribution in [-0.4, -0.2) is 78.6 Å². The number of phenolic OH excluding ortho intramolecular Hbond substituents is 1. The van der Waals surface area contributed by atoms with Gasteiger partial charge >= 0.3 is 23.9 Å². The zero-order valence-corrected chi connectivity index (χ0v) is 26.6. The van der Waals surface area contributed by atoms with E-state index in [2.05, 4.69) is 30.9 Å². The lowest BCUT2D eigenvalue weighted by molar-refractivity contribution is -0.140. The van der Waals surface area contributed by atoms with Crippen LogP contribution in [0.5, 0.6) is 17.2 Å². The maximum Gasteiger partial charge on any atom is 0.336 e. The molecule has 4 rings (SSSR count). The fourth-order valence-electron chi connectivity index (χ4n) is 4.64. The molecule has 2 unspecified atom stereocenters. The number of carboxylic acids is 2. The van der Waals surface area contributed by atoms with E-state index in [9.17, 15) is 39.3 Å². The summed E-state index contributed by atoms with van der Waals surface area (Å²) < 4.78 is 10.5. The van der Waals surface area contributed by atoms with Gasteiger partial charge < -0.3 is 45.9 Å². The number of hydrogen-bond acceptors (Lipinski definition) is 15. The second-order valence-corrected chi connectivity index (χ2v) is 11.1. The number of aromatic hydroxyl groups is 1. The minimum absolute atomic E-state index is 0.00475. The maximum absolute atomic E-state index is 12.9. The van der Waals surface area contributed by atoms with E-state index in [0.29, 0.717) is 17.8 Å². The standard InChI is InChI=1S/C32H33N7O11/c1-16(2)25-21(9-8-20(40)27(25)50-24(44)12-10-22(41)42)49-23(43)11-7-19(31(47)48)37-29(45)17-3-5-18(6-4-17)36-15-32(33)38-28-26(30(46)39-32)34-13-14-35-28/h3-6,8-10,12-14,16,19,36,39-40,46H,7,11,15,33H2,1-2H3,(H,37,45)(H,41,42)(H,47,48). The van der Waals surface area contributed by atoms with Gasteiger partial charge in [0, 0.05) is 47.8 Å². The summed E-state index contributed by atoms with van der Waals surface area (Å²) in [5.41, 5.74) is 7.17. The number of aliphatic hydroxyl groups is 1. The highest BCUT2D eigenvalue weighted by molar-refractivity contribution is 5.97. The third kappa shape index (κ3) is 9.28. The number of ether oxygens (including phenoxy) is 2. The first-order chi connectivity index (χ1) is 23.7. The number of phenols is 1. The molecule has 1 aliphatic rings. The minimum Gasteiger partial charge on any atom is -0.504 e. The van der Waals surface area contributed by atoms with E-state index in [1.54, 1.807) is 26.0 Å². The normalized spacial score (nSPS) is 15.6. The number of aliphatic hydroxyl groups excluding tert-OH is 1. The summed E-state index contributed by atoms with van der Waals surface area (Å²) in [6, 6.07) is 6.85. The van der Waals surface area contributed by atoms with Crippen molar-refractivity contribution >= 4 is 41.4 Å². The number of hydrogen-bond donors (Lipinski definition) is 8. The van der Waals surface area contributed by atoms with Gasteiger partial charge in [-0.15, -0.1) is 0 Å². The van der Waals surface area contributed by atoms with Crippen molar-refractivity contribution in [2.75, 3.05) is 11.9 Å². The molecule has 1 aliphatic heterocycles. The molecule has 18 heteroatoms. The minimum atomic E-state index is -1.47. The highest BCUT2D eigenvalue weighted by Crippen LogP contribution is 2.41. The van der Waals surface area contributed by atoms with E-state index in [0.717, 1.165) is 6.07 Å². The Labute approximate surface area is 283 Å². The average Bonchev–Trinajstić information content (AvgIpc) is 3.06. The third-order valence-corrected chi connectivity index (χ3v) is 6.99. The highest BCUT2D eigenvalue weighted by Gasteiger charge is 2.29. The number of carboxylic acid groups (broad SMARTS) is 2. The second-order valence-electron chi connectivity index (χ2n) is 11.1. The SMILES string of the molecule is CC(C)c1c(OC(=O)CCC(NC(=O)c2ccc(NCC3(N)N=c4nccnc4=C(O)N3)cc2)C(=O)O)ccc(O)c1OC(=O)C=CC(=O)O. The van der Waals surface area contributed by atoms with Crippen LogP contribution < -0.4 is 42.0 Å². The predicted molar refractivity (Wildman–Crippen MR) is 172 cm³/mol.